The molecule has 0 saturated heterocycles. The summed E-state index contributed by atoms with van der Waals surface area (Å²) in [7, 11) is -8.03. The molecule has 3 aromatic carbocycles. The number of sulfone groups is 1. The number of hydrogen-bond acceptors (Lipinski definition) is 12. The van der Waals surface area contributed by atoms with Crippen molar-refractivity contribution in [1.29, 1.82) is 0 Å². The largest absolute Gasteiger partial charge is 0.398 e. The van der Waals surface area contributed by atoms with Crippen LogP contribution in [0.4, 0.5) is 17.1 Å². The Morgan fingerprint density at radius 3 is 2.27 bits per heavy atom. The lowest BCUT2D eigenvalue weighted by molar-refractivity contribution is -0.434. The first-order valence-electron chi connectivity index (χ1n) is 8.92. The average molecular weight is 516 g/mol. The third-order valence-electron chi connectivity index (χ3n) is 4.31. The Kier molecular flexibility index (Phi) is 7.98. The van der Waals surface area contributed by atoms with Crippen LogP contribution in [0.3, 0.4) is 0 Å². The number of anilines is 1. The fourth-order valence-corrected chi connectivity index (χ4v) is 4.66. The molecule has 0 heterocycles. The summed E-state index contributed by atoms with van der Waals surface area (Å²) < 4.78 is 65.3. The molecule has 4 N–H and O–H groups in total. The van der Waals surface area contributed by atoms with Crippen molar-refractivity contribution < 1.29 is 40.2 Å². The lowest BCUT2D eigenvalue weighted by atomic mass is 10.1. The molecule has 0 aliphatic heterocycles. The molecule has 0 fully saturated rings. The van der Waals surface area contributed by atoms with Crippen LogP contribution >= 0.6 is 12.3 Å². The normalized spacial score (nSPS) is 12.5. The number of fused-ring (bicyclic) bond motifs is 1. The van der Waals surface area contributed by atoms with Crippen LogP contribution in [0.25, 0.3) is 10.8 Å². The van der Waals surface area contributed by atoms with E-state index in [1.165, 1.54) is 48.5 Å². The van der Waals surface area contributed by atoms with Gasteiger partial charge in [-0.25, -0.2) is 13.7 Å². The summed E-state index contributed by atoms with van der Waals surface area (Å²) in [4.78, 5) is -0.254. The van der Waals surface area contributed by atoms with E-state index in [1.807, 2.05) is 0 Å². The molecule has 15 heteroatoms. The molecule has 0 amide bonds. The minimum Gasteiger partial charge on any atom is -0.398 e. The Morgan fingerprint density at radius 1 is 0.909 bits per heavy atom. The van der Waals surface area contributed by atoms with Crippen LogP contribution in [0.1, 0.15) is 0 Å². The SMILES string of the molecule is Nc1ccc(/N=N/c2ccc(S(=O)(=O)CCOSOOO)cc2)c2ccc(S(=O)(=O)O)cc12. The fraction of sp³-hybridized carbons (Fsp3) is 0.111. The molecule has 0 aliphatic rings. The number of azo groups is 1. The summed E-state index contributed by atoms with van der Waals surface area (Å²) in [6.45, 7) is -0.207. The van der Waals surface area contributed by atoms with Crippen molar-refractivity contribution in [3.63, 3.8) is 0 Å². The molecule has 33 heavy (non-hydrogen) atoms. The molecule has 12 nitrogen and oxygen atoms in total. The third kappa shape index (κ3) is 6.46. The summed E-state index contributed by atoms with van der Waals surface area (Å²) in [5, 5.41) is 20.4. The number of nitrogen functional groups attached to an aromatic ring is 1. The number of nitrogens with zero attached hydrogens (tertiary/aromatic N) is 2. The van der Waals surface area contributed by atoms with E-state index in [0.29, 0.717) is 27.8 Å². The van der Waals surface area contributed by atoms with Crippen LogP contribution in [0.2, 0.25) is 0 Å². The average Bonchev–Trinajstić information content (AvgIpc) is 2.78. The van der Waals surface area contributed by atoms with Gasteiger partial charge in [0, 0.05) is 16.5 Å². The highest BCUT2D eigenvalue weighted by molar-refractivity contribution is 7.91. The van der Waals surface area contributed by atoms with Crippen molar-refractivity contribution in [1.82, 2.24) is 0 Å². The maximum absolute atomic E-state index is 12.3. The Morgan fingerprint density at radius 2 is 1.61 bits per heavy atom. The second-order valence-corrected chi connectivity index (χ2v) is 10.4. The van der Waals surface area contributed by atoms with E-state index in [2.05, 4.69) is 19.6 Å². The molecule has 0 bridgehead atoms. The minimum absolute atomic E-state index is 0.0463. The lowest BCUT2D eigenvalue weighted by Gasteiger charge is -2.07. The highest BCUT2D eigenvalue weighted by atomic mass is 32.2. The van der Waals surface area contributed by atoms with Crippen molar-refractivity contribution >= 4 is 60.1 Å². The maximum atomic E-state index is 12.3. The molecule has 176 valence electrons. The van der Waals surface area contributed by atoms with Crippen LogP contribution in [0, 0.1) is 0 Å². The van der Waals surface area contributed by atoms with E-state index in [0.717, 1.165) is 0 Å². The van der Waals surface area contributed by atoms with Gasteiger partial charge in [-0.3, -0.25) is 8.74 Å². The Labute approximate surface area is 192 Å². The van der Waals surface area contributed by atoms with E-state index in [-0.39, 0.29) is 34.5 Å². The first-order valence-corrected chi connectivity index (χ1v) is 12.7. The molecular formula is C18H17N3O9S3. The van der Waals surface area contributed by atoms with E-state index in [1.54, 1.807) is 6.07 Å². The van der Waals surface area contributed by atoms with Crippen LogP contribution in [-0.4, -0.2) is 39.0 Å². The molecule has 3 rings (SSSR count). The van der Waals surface area contributed by atoms with Crippen molar-refractivity contribution in [3.05, 3.63) is 54.6 Å². The first kappa shape index (κ1) is 25.0. The summed E-state index contributed by atoms with van der Waals surface area (Å²) in [6.07, 6.45) is 0. The van der Waals surface area contributed by atoms with E-state index in [4.69, 9.17) is 15.2 Å². The van der Waals surface area contributed by atoms with Crippen molar-refractivity contribution in [3.8, 4) is 0 Å². The number of benzene rings is 3. The third-order valence-corrected chi connectivity index (χ3v) is 7.23. The van der Waals surface area contributed by atoms with Crippen molar-refractivity contribution in [2.24, 2.45) is 10.2 Å². The van der Waals surface area contributed by atoms with Gasteiger partial charge >= 0.3 is 0 Å². The van der Waals surface area contributed by atoms with E-state index >= 15 is 0 Å². The number of nitrogens with two attached hydrogens (primary N) is 1. The predicted molar refractivity (Wildman–Crippen MR) is 119 cm³/mol. The van der Waals surface area contributed by atoms with Gasteiger partial charge in [0.1, 0.15) is 0 Å². The van der Waals surface area contributed by atoms with Gasteiger partial charge in [0.2, 0.25) is 0 Å². The summed E-state index contributed by atoms with van der Waals surface area (Å²) in [5.74, 6) is -0.335. The zero-order valence-corrected chi connectivity index (χ0v) is 19.0. The van der Waals surface area contributed by atoms with Gasteiger partial charge in [0.25, 0.3) is 10.1 Å². The standard InChI is InChI=1S/C18H17N3O9S3/c19-17-7-8-18(15-6-5-14(11-16(15)17)33(25,26)27)21-20-12-1-3-13(4-2-12)32(23,24)10-9-28-31-30-29-22/h1-8,11,22H,9-10,19H2,(H,25,26,27)/b21-20+. The van der Waals surface area contributed by atoms with Gasteiger partial charge < -0.3 is 5.73 Å². The second-order valence-electron chi connectivity index (χ2n) is 6.40. The van der Waals surface area contributed by atoms with Gasteiger partial charge in [-0.2, -0.15) is 13.5 Å². The number of rotatable bonds is 10. The topological polar surface area (TPSA) is 187 Å². The molecule has 0 saturated carbocycles. The highest BCUT2D eigenvalue weighted by Crippen LogP contribution is 2.33. The summed E-state index contributed by atoms with van der Waals surface area (Å²) in [5.41, 5.74) is 6.97. The maximum Gasteiger partial charge on any atom is 0.294 e. The zero-order chi connectivity index (χ0) is 24.1. The smallest absolute Gasteiger partial charge is 0.294 e. The first-order chi connectivity index (χ1) is 15.6. The van der Waals surface area contributed by atoms with E-state index in [9.17, 15) is 21.4 Å². The van der Waals surface area contributed by atoms with E-state index < -0.39 is 20.0 Å². The molecule has 0 radical (unpaired) electrons. The molecular weight excluding hydrogens is 498 g/mol. The van der Waals surface area contributed by atoms with Crippen LogP contribution in [0.5, 0.6) is 0 Å². The lowest BCUT2D eigenvalue weighted by Crippen LogP contribution is -2.10. The van der Waals surface area contributed by atoms with Gasteiger partial charge in [-0.1, -0.05) is 11.1 Å². The van der Waals surface area contributed by atoms with Gasteiger partial charge in [0.05, 0.1) is 33.5 Å². The Balaban J connectivity index is 1.78. The van der Waals surface area contributed by atoms with Crippen LogP contribution in [-0.2, 0) is 33.5 Å². The quantitative estimate of drug-likeness (QED) is 0.0676. The zero-order valence-electron chi connectivity index (χ0n) is 16.6. The minimum atomic E-state index is -4.40. The molecule has 3 aromatic rings. The molecule has 0 aromatic heterocycles. The fourth-order valence-electron chi connectivity index (χ4n) is 2.74. The van der Waals surface area contributed by atoms with Crippen molar-refractivity contribution in [2.45, 2.75) is 9.79 Å². The number of hydrogen-bond donors (Lipinski definition) is 3. The second kappa shape index (κ2) is 10.5. The molecule has 0 aliphatic carbocycles. The van der Waals surface area contributed by atoms with Crippen molar-refractivity contribution in [2.75, 3.05) is 18.1 Å². The Hall–Kier alpha value is -2.63. The van der Waals surface area contributed by atoms with Gasteiger partial charge in [0.15, 0.2) is 22.2 Å². The highest BCUT2D eigenvalue weighted by Gasteiger charge is 2.15. The molecule has 0 unspecified atom stereocenters. The van der Waals surface area contributed by atoms with Crippen LogP contribution in [0.15, 0.2) is 74.6 Å². The monoisotopic (exact) mass is 515 g/mol. The Bertz CT molecular complexity index is 1380. The predicted octanol–water partition coefficient (Wildman–Crippen LogP) is 3.86. The summed E-state index contributed by atoms with van der Waals surface area (Å²) >= 11 is 0.285. The summed E-state index contributed by atoms with van der Waals surface area (Å²) in [6, 6.07) is 12.7. The molecule has 0 atom stereocenters. The van der Waals surface area contributed by atoms with Gasteiger partial charge in [-0.15, -0.1) is 9.45 Å². The van der Waals surface area contributed by atoms with Gasteiger partial charge in [-0.05, 0) is 48.5 Å². The molecule has 0 spiro atoms. The van der Waals surface area contributed by atoms with Crippen LogP contribution < -0.4 is 5.73 Å².